The fourth-order valence-corrected chi connectivity index (χ4v) is 3.70. The van der Waals surface area contributed by atoms with Crippen molar-refractivity contribution < 1.29 is 9.47 Å². The SMILES string of the molecule is COc1ccc(Cc2nc3ccccc3n2CCOc2c(C)cccc2C)cc1. The molecule has 0 atom stereocenters. The fraction of sp³-hybridized carbons (Fsp3) is 0.240. The molecule has 0 aliphatic rings. The highest BCUT2D eigenvalue weighted by Gasteiger charge is 2.12. The minimum atomic E-state index is 0.599. The molecule has 4 heteroatoms. The Labute approximate surface area is 171 Å². The topological polar surface area (TPSA) is 36.3 Å². The van der Waals surface area contributed by atoms with Gasteiger partial charge in [0.05, 0.1) is 24.7 Å². The third-order valence-electron chi connectivity index (χ3n) is 5.22. The quantitative estimate of drug-likeness (QED) is 0.431. The van der Waals surface area contributed by atoms with Crippen LogP contribution in [0, 0.1) is 13.8 Å². The number of ether oxygens (including phenoxy) is 2. The van der Waals surface area contributed by atoms with Gasteiger partial charge in [-0.3, -0.25) is 0 Å². The normalized spacial score (nSPS) is 11.0. The molecule has 0 saturated carbocycles. The number of methoxy groups -OCH3 is 1. The van der Waals surface area contributed by atoms with Crippen molar-refractivity contribution in [3.63, 3.8) is 0 Å². The largest absolute Gasteiger partial charge is 0.497 e. The standard InChI is InChI=1S/C25H26N2O2/c1-18-7-6-8-19(2)25(18)29-16-15-27-23-10-5-4-9-22(23)26-24(27)17-20-11-13-21(28-3)14-12-20/h4-14H,15-17H2,1-3H3. The van der Waals surface area contributed by atoms with Crippen molar-refractivity contribution in [1.29, 1.82) is 0 Å². The molecule has 0 aliphatic carbocycles. The van der Waals surface area contributed by atoms with Gasteiger partial charge in [0.2, 0.25) is 0 Å². The van der Waals surface area contributed by atoms with Crippen LogP contribution in [0.4, 0.5) is 0 Å². The second kappa shape index (κ2) is 8.39. The Morgan fingerprint density at radius 1 is 0.862 bits per heavy atom. The highest BCUT2D eigenvalue weighted by Crippen LogP contribution is 2.23. The van der Waals surface area contributed by atoms with Gasteiger partial charge in [-0.2, -0.15) is 0 Å². The first-order valence-corrected chi connectivity index (χ1v) is 9.92. The van der Waals surface area contributed by atoms with Crippen LogP contribution in [0.3, 0.4) is 0 Å². The monoisotopic (exact) mass is 386 g/mol. The zero-order valence-corrected chi connectivity index (χ0v) is 17.2. The number of aromatic nitrogens is 2. The molecule has 4 aromatic rings. The minimum absolute atomic E-state index is 0.599. The summed E-state index contributed by atoms with van der Waals surface area (Å²) in [5.41, 5.74) is 5.69. The maximum absolute atomic E-state index is 6.16. The summed E-state index contributed by atoms with van der Waals surface area (Å²) in [6.07, 6.45) is 0.766. The molecule has 4 nitrogen and oxygen atoms in total. The lowest BCUT2D eigenvalue weighted by molar-refractivity contribution is 0.295. The number of aryl methyl sites for hydroxylation is 2. The average molecular weight is 386 g/mol. The van der Waals surface area contributed by atoms with Gasteiger partial charge in [-0.1, -0.05) is 42.5 Å². The summed E-state index contributed by atoms with van der Waals surface area (Å²) < 4.78 is 13.7. The molecular weight excluding hydrogens is 360 g/mol. The van der Waals surface area contributed by atoms with Gasteiger partial charge in [0, 0.05) is 6.42 Å². The Bertz CT molecular complexity index is 1090. The zero-order valence-electron chi connectivity index (χ0n) is 17.2. The third kappa shape index (κ3) is 4.11. The Hall–Kier alpha value is -3.27. The molecule has 0 amide bonds. The molecule has 0 fully saturated rings. The molecule has 29 heavy (non-hydrogen) atoms. The molecule has 1 heterocycles. The summed E-state index contributed by atoms with van der Waals surface area (Å²) >= 11 is 0. The summed E-state index contributed by atoms with van der Waals surface area (Å²) in [5.74, 6) is 2.89. The number of hydrogen-bond acceptors (Lipinski definition) is 3. The molecule has 1 aromatic heterocycles. The van der Waals surface area contributed by atoms with Crippen molar-refractivity contribution in [3.05, 3.63) is 89.2 Å². The minimum Gasteiger partial charge on any atom is -0.497 e. The van der Waals surface area contributed by atoms with Gasteiger partial charge in [0.1, 0.15) is 23.9 Å². The number of nitrogens with zero attached hydrogens (tertiary/aromatic N) is 2. The van der Waals surface area contributed by atoms with Crippen molar-refractivity contribution in [3.8, 4) is 11.5 Å². The maximum Gasteiger partial charge on any atom is 0.125 e. The lowest BCUT2D eigenvalue weighted by Gasteiger charge is -2.14. The molecule has 0 saturated heterocycles. The van der Waals surface area contributed by atoms with Crippen molar-refractivity contribution in [2.45, 2.75) is 26.8 Å². The van der Waals surface area contributed by atoms with Crippen LogP contribution in [0.1, 0.15) is 22.5 Å². The number of benzene rings is 3. The number of para-hydroxylation sites is 3. The summed E-state index contributed by atoms with van der Waals surface area (Å²) in [5, 5.41) is 0. The lowest BCUT2D eigenvalue weighted by atomic mass is 10.1. The summed E-state index contributed by atoms with van der Waals surface area (Å²) in [6.45, 7) is 5.52. The second-order valence-corrected chi connectivity index (χ2v) is 7.26. The lowest BCUT2D eigenvalue weighted by Crippen LogP contribution is -2.12. The van der Waals surface area contributed by atoms with Crippen LogP contribution in [0.25, 0.3) is 11.0 Å². The Balaban J connectivity index is 1.57. The Morgan fingerprint density at radius 2 is 1.59 bits per heavy atom. The van der Waals surface area contributed by atoms with Crippen molar-refractivity contribution in [2.24, 2.45) is 0 Å². The van der Waals surface area contributed by atoms with Gasteiger partial charge in [-0.05, 0) is 54.8 Å². The van der Waals surface area contributed by atoms with E-state index in [1.54, 1.807) is 7.11 Å². The van der Waals surface area contributed by atoms with Crippen LogP contribution in [0.2, 0.25) is 0 Å². The van der Waals surface area contributed by atoms with E-state index in [0.29, 0.717) is 6.61 Å². The molecular formula is C25H26N2O2. The van der Waals surface area contributed by atoms with Gasteiger partial charge >= 0.3 is 0 Å². The van der Waals surface area contributed by atoms with E-state index in [1.807, 2.05) is 18.2 Å². The van der Waals surface area contributed by atoms with E-state index in [2.05, 4.69) is 66.9 Å². The Morgan fingerprint density at radius 3 is 2.31 bits per heavy atom. The van der Waals surface area contributed by atoms with Crippen molar-refractivity contribution in [1.82, 2.24) is 9.55 Å². The molecule has 148 valence electrons. The van der Waals surface area contributed by atoms with Crippen LogP contribution < -0.4 is 9.47 Å². The van der Waals surface area contributed by atoms with E-state index in [-0.39, 0.29) is 0 Å². The van der Waals surface area contributed by atoms with E-state index < -0.39 is 0 Å². The van der Waals surface area contributed by atoms with Gasteiger partial charge in [-0.15, -0.1) is 0 Å². The highest BCUT2D eigenvalue weighted by molar-refractivity contribution is 5.76. The maximum atomic E-state index is 6.16. The molecule has 0 spiro atoms. The van der Waals surface area contributed by atoms with Gasteiger partial charge < -0.3 is 14.0 Å². The first-order valence-electron chi connectivity index (χ1n) is 9.92. The molecule has 0 bridgehead atoms. The number of hydrogen-bond donors (Lipinski definition) is 0. The van der Waals surface area contributed by atoms with Crippen molar-refractivity contribution >= 4 is 11.0 Å². The van der Waals surface area contributed by atoms with E-state index >= 15 is 0 Å². The first-order chi connectivity index (χ1) is 14.2. The third-order valence-corrected chi connectivity index (χ3v) is 5.22. The average Bonchev–Trinajstić information content (AvgIpc) is 3.08. The van der Waals surface area contributed by atoms with Crippen molar-refractivity contribution in [2.75, 3.05) is 13.7 Å². The number of rotatable bonds is 7. The number of fused-ring (bicyclic) bond motifs is 1. The fourth-order valence-electron chi connectivity index (χ4n) is 3.70. The molecule has 0 unspecified atom stereocenters. The van der Waals surface area contributed by atoms with Gasteiger partial charge in [0.25, 0.3) is 0 Å². The van der Waals surface area contributed by atoms with E-state index in [1.165, 1.54) is 16.7 Å². The molecule has 0 radical (unpaired) electrons. The smallest absolute Gasteiger partial charge is 0.125 e. The summed E-state index contributed by atoms with van der Waals surface area (Å²) in [6, 6.07) is 22.7. The first kappa shape index (κ1) is 19.1. The van der Waals surface area contributed by atoms with E-state index in [0.717, 1.165) is 41.3 Å². The highest BCUT2D eigenvalue weighted by atomic mass is 16.5. The van der Waals surface area contributed by atoms with Gasteiger partial charge in [-0.25, -0.2) is 4.98 Å². The predicted molar refractivity (Wildman–Crippen MR) is 117 cm³/mol. The zero-order chi connectivity index (χ0) is 20.2. The van der Waals surface area contributed by atoms with Crippen LogP contribution in [0.5, 0.6) is 11.5 Å². The molecule has 0 N–H and O–H groups in total. The molecule has 0 aliphatic heterocycles. The van der Waals surface area contributed by atoms with Crippen LogP contribution in [-0.4, -0.2) is 23.3 Å². The van der Waals surface area contributed by atoms with Gasteiger partial charge in [0.15, 0.2) is 0 Å². The van der Waals surface area contributed by atoms with E-state index in [4.69, 9.17) is 14.5 Å². The van der Waals surface area contributed by atoms with Crippen LogP contribution in [0.15, 0.2) is 66.7 Å². The van der Waals surface area contributed by atoms with Crippen LogP contribution >= 0.6 is 0 Å². The Kier molecular flexibility index (Phi) is 5.52. The molecule has 4 rings (SSSR count). The summed E-state index contributed by atoms with van der Waals surface area (Å²) in [4.78, 5) is 4.89. The predicted octanol–water partition coefficient (Wildman–Crippen LogP) is 5.33. The molecule has 3 aromatic carbocycles. The number of imidazole rings is 1. The van der Waals surface area contributed by atoms with E-state index in [9.17, 15) is 0 Å². The van der Waals surface area contributed by atoms with Crippen LogP contribution in [-0.2, 0) is 13.0 Å². The second-order valence-electron chi connectivity index (χ2n) is 7.26. The summed E-state index contributed by atoms with van der Waals surface area (Å²) in [7, 11) is 1.69.